The van der Waals surface area contributed by atoms with Gasteiger partial charge in [0.05, 0.1) is 18.6 Å². The molecule has 6 heteroatoms. The first-order valence-corrected chi connectivity index (χ1v) is 7.31. The van der Waals surface area contributed by atoms with E-state index in [4.69, 9.17) is 14.6 Å². The molecule has 0 saturated carbocycles. The summed E-state index contributed by atoms with van der Waals surface area (Å²) in [6.07, 6.45) is 0.661. The Kier molecular flexibility index (Phi) is 5.77. The molecule has 2 rings (SSSR count). The Labute approximate surface area is 129 Å². The second-order valence-electron chi connectivity index (χ2n) is 5.41. The van der Waals surface area contributed by atoms with Crippen molar-refractivity contribution in [1.29, 1.82) is 0 Å². The fourth-order valence-corrected chi connectivity index (χ4v) is 2.62. The van der Waals surface area contributed by atoms with E-state index < -0.39 is 18.0 Å². The van der Waals surface area contributed by atoms with E-state index in [9.17, 15) is 9.59 Å². The maximum absolute atomic E-state index is 12.3. The zero-order valence-corrected chi connectivity index (χ0v) is 12.6. The number of ether oxygens (including phenoxy) is 2. The van der Waals surface area contributed by atoms with Crippen molar-refractivity contribution in [1.82, 2.24) is 4.90 Å². The van der Waals surface area contributed by atoms with Gasteiger partial charge in [0, 0.05) is 13.7 Å². The highest BCUT2D eigenvalue weighted by molar-refractivity contribution is 5.73. The number of methoxy groups -OCH3 is 1. The van der Waals surface area contributed by atoms with Gasteiger partial charge in [-0.15, -0.1) is 0 Å². The minimum atomic E-state index is -0.878. The molecule has 1 aliphatic heterocycles. The van der Waals surface area contributed by atoms with Crippen molar-refractivity contribution < 1.29 is 24.2 Å². The fourth-order valence-electron chi connectivity index (χ4n) is 2.62. The molecule has 1 aromatic carbocycles. The van der Waals surface area contributed by atoms with Gasteiger partial charge in [-0.3, -0.25) is 4.79 Å². The zero-order chi connectivity index (χ0) is 15.9. The van der Waals surface area contributed by atoms with Gasteiger partial charge >= 0.3 is 12.1 Å². The SMILES string of the molecule is COC[C@H]1CC[C@@H](C(=O)O)CN1C(=O)OCc1ccccc1. The average Bonchev–Trinajstić information content (AvgIpc) is 2.54. The van der Waals surface area contributed by atoms with Crippen molar-refractivity contribution in [3.63, 3.8) is 0 Å². The summed E-state index contributed by atoms with van der Waals surface area (Å²) in [5.74, 6) is -1.42. The number of benzene rings is 1. The van der Waals surface area contributed by atoms with Crippen LogP contribution in [-0.4, -0.2) is 48.4 Å². The molecule has 6 nitrogen and oxygen atoms in total. The molecular weight excluding hydrogens is 286 g/mol. The van der Waals surface area contributed by atoms with E-state index in [2.05, 4.69) is 0 Å². The summed E-state index contributed by atoms with van der Waals surface area (Å²) in [4.78, 5) is 24.9. The van der Waals surface area contributed by atoms with Crippen LogP contribution in [0.2, 0.25) is 0 Å². The largest absolute Gasteiger partial charge is 0.481 e. The number of carbonyl (C=O) groups excluding carboxylic acids is 1. The second kappa shape index (κ2) is 7.79. The number of piperidine rings is 1. The molecule has 1 fully saturated rings. The highest BCUT2D eigenvalue weighted by Crippen LogP contribution is 2.23. The molecule has 22 heavy (non-hydrogen) atoms. The normalized spacial score (nSPS) is 21.4. The minimum absolute atomic E-state index is 0.135. The summed E-state index contributed by atoms with van der Waals surface area (Å²) in [7, 11) is 1.57. The molecule has 1 saturated heterocycles. The zero-order valence-electron chi connectivity index (χ0n) is 12.6. The van der Waals surface area contributed by atoms with Crippen LogP contribution in [0.25, 0.3) is 0 Å². The smallest absolute Gasteiger partial charge is 0.410 e. The average molecular weight is 307 g/mol. The number of carbonyl (C=O) groups is 2. The van der Waals surface area contributed by atoms with Gasteiger partial charge in [-0.05, 0) is 18.4 Å². The number of carboxylic acids is 1. The van der Waals surface area contributed by atoms with Crippen molar-refractivity contribution in [2.45, 2.75) is 25.5 Å². The molecule has 1 heterocycles. The molecule has 1 N–H and O–H groups in total. The Morgan fingerprint density at radius 3 is 2.64 bits per heavy atom. The number of likely N-dealkylation sites (tertiary alicyclic amines) is 1. The van der Waals surface area contributed by atoms with E-state index in [1.807, 2.05) is 30.3 Å². The lowest BCUT2D eigenvalue weighted by atomic mass is 9.93. The third-order valence-electron chi connectivity index (χ3n) is 3.85. The number of rotatable bonds is 5. The molecule has 0 bridgehead atoms. The lowest BCUT2D eigenvalue weighted by molar-refractivity contribution is -0.144. The molecule has 0 aliphatic carbocycles. The molecule has 2 atom stereocenters. The van der Waals surface area contributed by atoms with Gasteiger partial charge < -0.3 is 19.5 Å². The first-order valence-electron chi connectivity index (χ1n) is 7.31. The van der Waals surface area contributed by atoms with Crippen LogP contribution in [0, 0.1) is 5.92 Å². The Balaban J connectivity index is 1.97. The predicted octanol–water partition coefficient (Wildman–Crippen LogP) is 2.13. The van der Waals surface area contributed by atoms with Crippen LogP contribution in [0.5, 0.6) is 0 Å². The number of hydrogen-bond acceptors (Lipinski definition) is 4. The highest BCUT2D eigenvalue weighted by Gasteiger charge is 2.35. The molecule has 0 unspecified atom stereocenters. The second-order valence-corrected chi connectivity index (χ2v) is 5.41. The Morgan fingerprint density at radius 2 is 2.00 bits per heavy atom. The molecule has 1 aliphatic rings. The number of nitrogens with zero attached hydrogens (tertiary/aromatic N) is 1. The molecular formula is C16H21NO5. The number of hydrogen-bond donors (Lipinski definition) is 1. The third kappa shape index (κ3) is 4.21. The molecule has 120 valence electrons. The van der Waals surface area contributed by atoms with Gasteiger partial charge in [-0.25, -0.2) is 4.79 Å². The number of amides is 1. The molecule has 0 spiro atoms. The first-order chi connectivity index (χ1) is 10.6. The van der Waals surface area contributed by atoms with E-state index in [1.54, 1.807) is 7.11 Å². The van der Waals surface area contributed by atoms with Gasteiger partial charge in [0.2, 0.25) is 0 Å². The molecule has 0 radical (unpaired) electrons. The van der Waals surface area contributed by atoms with Crippen molar-refractivity contribution in [2.75, 3.05) is 20.3 Å². The summed E-state index contributed by atoms with van der Waals surface area (Å²) < 4.78 is 10.4. The Morgan fingerprint density at radius 1 is 1.27 bits per heavy atom. The van der Waals surface area contributed by atoms with Gasteiger partial charge in [0.25, 0.3) is 0 Å². The number of carboxylic acid groups (broad SMARTS) is 1. The van der Waals surface area contributed by atoms with Crippen LogP contribution in [0.1, 0.15) is 18.4 Å². The van der Waals surface area contributed by atoms with E-state index in [0.717, 1.165) is 5.56 Å². The topological polar surface area (TPSA) is 76.1 Å². The van der Waals surface area contributed by atoms with E-state index >= 15 is 0 Å². The van der Waals surface area contributed by atoms with Crippen molar-refractivity contribution in [3.8, 4) is 0 Å². The summed E-state index contributed by atoms with van der Waals surface area (Å²) in [6.45, 7) is 0.720. The van der Waals surface area contributed by atoms with Crippen LogP contribution in [0.15, 0.2) is 30.3 Å². The van der Waals surface area contributed by atoms with Crippen molar-refractivity contribution >= 4 is 12.1 Å². The van der Waals surface area contributed by atoms with Gasteiger partial charge in [-0.1, -0.05) is 30.3 Å². The fraction of sp³-hybridized carbons (Fsp3) is 0.500. The molecule has 0 aromatic heterocycles. The number of aliphatic carboxylic acids is 1. The molecule has 1 amide bonds. The minimum Gasteiger partial charge on any atom is -0.481 e. The van der Waals surface area contributed by atoms with Crippen LogP contribution >= 0.6 is 0 Å². The van der Waals surface area contributed by atoms with E-state index in [-0.39, 0.29) is 19.2 Å². The quantitative estimate of drug-likeness (QED) is 0.902. The van der Waals surface area contributed by atoms with Gasteiger partial charge in [-0.2, -0.15) is 0 Å². The van der Waals surface area contributed by atoms with Gasteiger partial charge in [0.1, 0.15) is 6.61 Å². The third-order valence-corrected chi connectivity index (χ3v) is 3.85. The Bertz CT molecular complexity index is 505. The molecule has 1 aromatic rings. The van der Waals surface area contributed by atoms with E-state index in [0.29, 0.717) is 19.4 Å². The summed E-state index contributed by atoms with van der Waals surface area (Å²) in [5.41, 5.74) is 0.894. The first kappa shape index (κ1) is 16.3. The van der Waals surface area contributed by atoms with Crippen molar-refractivity contribution in [3.05, 3.63) is 35.9 Å². The summed E-state index contributed by atoms with van der Waals surface area (Å²) in [6, 6.07) is 9.24. The van der Waals surface area contributed by atoms with Crippen LogP contribution in [0.3, 0.4) is 0 Å². The monoisotopic (exact) mass is 307 g/mol. The summed E-state index contributed by atoms with van der Waals surface area (Å²) in [5, 5.41) is 9.15. The Hall–Kier alpha value is -2.08. The van der Waals surface area contributed by atoms with Crippen LogP contribution < -0.4 is 0 Å². The summed E-state index contributed by atoms with van der Waals surface area (Å²) >= 11 is 0. The van der Waals surface area contributed by atoms with Crippen LogP contribution in [0.4, 0.5) is 4.79 Å². The highest BCUT2D eigenvalue weighted by atomic mass is 16.6. The maximum Gasteiger partial charge on any atom is 0.410 e. The maximum atomic E-state index is 12.3. The van der Waals surface area contributed by atoms with Crippen LogP contribution in [-0.2, 0) is 20.9 Å². The van der Waals surface area contributed by atoms with Gasteiger partial charge in [0.15, 0.2) is 0 Å². The lowest BCUT2D eigenvalue weighted by Gasteiger charge is -2.37. The lowest BCUT2D eigenvalue weighted by Crippen LogP contribution is -2.50. The van der Waals surface area contributed by atoms with Crippen molar-refractivity contribution in [2.24, 2.45) is 5.92 Å². The standard InChI is InChI=1S/C16H21NO5/c1-21-11-14-8-7-13(15(18)19)9-17(14)16(20)22-10-12-5-3-2-4-6-12/h2-6,13-14H,7-11H2,1H3,(H,18,19)/t13-,14-/m1/s1. The predicted molar refractivity (Wildman–Crippen MR) is 79.4 cm³/mol. The van der Waals surface area contributed by atoms with E-state index in [1.165, 1.54) is 4.90 Å².